The van der Waals surface area contributed by atoms with Gasteiger partial charge in [0.15, 0.2) is 0 Å². The van der Waals surface area contributed by atoms with Gasteiger partial charge in [0.2, 0.25) is 0 Å². The molecule has 0 unspecified atom stereocenters. The molecule has 0 aromatic heterocycles. The van der Waals surface area contributed by atoms with Crippen molar-refractivity contribution in [1.82, 2.24) is 10.2 Å². The number of carbonyl (C=O) groups is 1. The first kappa shape index (κ1) is 13.8. The first-order valence-corrected chi connectivity index (χ1v) is 6.34. The molecule has 1 heterocycles. The molecule has 1 aliphatic heterocycles. The zero-order valence-corrected chi connectivity index (χ0v) is 11.0. The second-order valence-electron chi connectivity index (χ2n) is 4.54. The van der Waals surface area contributed by atoms with Gasteiger partial charge in [-0.2, -0.15) is 0 Å². The van der Waals surface area contributed by atoms with Crippen LogP contribution in [-0.4, -0.2) is 49.0 Å². The number of ether oxygens (including phenoxy) is 1. The molecule has 4 nitrogen and oxygen atoms in total. The minimum Gasteiger partial charge on any atom is -0.379 e. The summed E-state index contributed by atoms with van der Waals surface area (Å²) in [6.45, 7) is 8.90. The number of amides is 1. The smallest absolute Gasteiger partial charge is 0.276 e. The lowest BCUT2D eigenvalue weighted by molar-refractivity contribution is 0.0357. The zero-order chi connectivity index (χ0) is 12.0. The fourth-order valence-electron chi connectivity index (χ4n) is 1.88. The largest absolute Gasteiger partial charge is 0.379 e. The summed E-state index contributed by atoms with van der Waals surface area (Å²) in [6.07, 6.45) is 0.976. The zero-order valence-electron chi connectivity index (χ0n) is 10.1. The third-order valence-corrected chi connectivity index (χ3v) is 3.10. The number of morpholine rings is 1. The molecule has 1 amide bonds. The average molecular weight is 246 g/mol. The predicted octanol–water partition coefficient (Wildman–Crippen LogP) is 1.37. The fourth-order valence-corrected chi connectivity index (χ4v) is 2.04. The molecule has 0 saturated carbocycles. The Balaban J connectivity index is 2.28. The maximum absolute atomic E-state index is 10.9. The van der Waals surface area contributed by atoms with E-state index < -0.39 is 0 Å². The van der Waals surface area contributed by atoms with Crippen LogP contribution in [0, 0.1) is 5.92 Å². The lowest BCUT2D eigenvalue weighted by Gasteiger charge is -2.29. The molecule has 0 spiro atoms. The molecule has 0 aromatic rings. The van der Waals surface area contributed by atoms with Gasteiger partial charge in [0.25, 0.3) is 5.24 Å². The Kier molecular flexibility index (Phi) is 6.16. The van der Waals surface area contributed by atoms with Crippen LogP contribution in [0.5, 0.6) is 0 Å². The van der Waals surface area contributed by atoms with E-state index in [1.165, 1.54) is 0 Å². The second-order valence-corrected chi connectivity index (χ2v) is 4.95. The van der Waals surface area contributed by atoms with E-state index in [-0.39, 0.29) is 11.3 Å². The molecule has 1 atom stereocenters. The van der Waals surface area contributed by atoms with Crippen molar-refractivity contribution in [3.8, 4) is 0 Å². The number of hydrogen-bond donors (Lipinski definition) is 2. The summed E-state index contributed by atoms with van der Waals surface area (Å²) in [5, 5.41) is 2.65. The quantitative estimate of drug-likeness (QED) is 0.720. The van der Waals surface area contributed by atoms with E-state index in [4.69, 9.17) is 4.74 Å². The standard InChI is InChI=1S/C11H22N2O2S/c1-9(2)10(12-11(14)16)3-4-13-5-7-15-8-6-13/h9-10H,3-8H2,1-2H3,(H2,12,14,16)/t10-/m1/s1. The molecule has 1 saturated heterocycles. The van der Waals surface area contributed by atoms with Gasteiger partial charge in [-0.05, 0) is 12.3 Å². The summed E-state index contributed by atoms with van der Waals surface area (Å²) >= 11 is 3.77. The number of hydrogen-bond acceptors (Lipinski definition) is 3. The van der Waals surface area contributed by atoms with Crippen molar-refractivity contribution in [2.75, 3.05) is 32.8 Å². The van der Waals surface area contributed by atoms with E-state index in [0.29, 0.717) is 5.92 Å². The summed E-state index contributed by atoms with van der Waals surface area (Å²) in [5.41, 5.74) is 0. The van der Waals surface area contributed by atoms with Gasteiger partial charge in [-0.15, -0.1) is 0 Å². The molecule has 1 aliphatic rings. The Labute approximate surface area is 103 Å². The summed E-state index contributed by atoms with van der Waals surface area (Å²) in [6, 6.07) is 0.216. The van der Waals surface area contributed by atoms with Crippen LogP contribution in [0.2, 0.25) is 0 Å². The third-order valence-electron chi connectivity index (χ3n) is 2.97. The molecule has 94 valence electrons. The van der Waals surface area contributed by atoms with E-state index in [1.807, 2.05) is 0 Å². The summed E-state index contributed by atoms with van der Waals surface area (Å²) < 4.78 is 5.29. The van der Waals surface area contributed by atoms with E-state index >= 15 is 0 Å². The number of rotatable bonds is 5. The Morgan fingerprint density at radius 1 is 1.44 bits per heavy atom. The number of nitrogens with one attached hydrogen (secondary N) is 1. The molecule has 0 radical (unpaired) electrons. The molecule has 16 heavy (non-hydrogen) atoms. The van der Waals surface area contributed by atoms with Crippen LogP contribution in [0.1, 0.15) is 20.3 Å². The highest BCUT2D eigenvalue weighted by Gasteiger charge is 2.17. The van der Waals surface area contributed by atoms with E-state index in [2.05, 4.69) is 36.7 Å². The van der Waals surface area contributed by atoms with E-state index in [9.17, 15) is 4.79 Å². The highest BCUT2D eigenvalue weighted by atomic mass is 32.1. The molecule has 0 aromatic carbocycles. The van der Waals surface area contributed by atoms with Crippen molar-refractivity contribution >= 4 is 17.9 Å². The minimum absolute atomic E-state index is 0.216. The first-order chi connectivity index (χ1) is 7.59. The van der Waals surface area contributed by atoms with Crippen LogP contribution in [-0.2, 0) is 4.74 Å². The summed E-state index contributed by atoms with van der Waals surface area (Å²) in [4.78, 5) is 13.3. The predicted molar refractivity (Wildman–Crippen MR) is 68.0 cm³/mol. The molecular formula is C11H22N2O2S. The second kappa shape index (κ2) is 7.14. The van der Waals surface area contributed by atoms with Crippen molar-refractivity contribution in [3.05, 3.63) is 0 Å². The van der Waals surface area contributed by atoms with Crippen molar-refractivity contribution in [3.63, 3.8) is 0 Å². The van der Waals surface area contributed by atoms with Crippen LogP contribution >= 0.6 is 12.6 Å². The average Bonchev–Trinajstić information content (AvgIpc) is 2.25. The van der Waals surface area contributed by atoms with Gasteiger partial charge in [-0.3, -0.25) is 9.69 Å². The lowest BCUT2D eigenvalue weighted by Crippen LogP contribution is -2.42. The SMILES string of the molecule is CC(C)[C@@H](CCN1CCOCC1)NC(=O)S. The van der Waals surface area contributed by atoms with Crippen molar-refractivity contribution in [2.45, 2.75) is 26.3 Å². The topological polar surface area (TPSA) is 41.6 Å². The van der Waals surface area contributed by atoms with Crippen LogP contribution in [0.3, 0.4) is 0 Å². The number of carbonyl (C=O) groups excluding carboxylic acids is 1. The van der Waals surface area contributed by atoms with Crippen molar-refractivity contribution < 1.29 is 9.53 Å². The molecule has 1 rings (SSSR count). The van der Waals surface area contributed by atoms with Gasteiger partial charge in [-0.1, -0.05) is 26.5 Å². The fraction of sp³-hybridized carbons (Fsp3) is 0.909. The van der Waals surface area contributed by atoms with Crippen LogP contribution in [0.4, 0.5) is 4.79 Å². The van der Waals surface area contributed by atoms with Gasteiger partial charge in [0.1, 0.15) is 0 Å². The molecule has 0 aliphatic carbocycles. The number of thiol groups is 1. The van der Waals surface area contributed by atoms with Crippen molar-refractivity contribution in [1.29, 1.82) is 0 Å². The van der Waals surface area contributed by atoms with E-state index in [1.54, 1.807) is 0 Å². The van der Waals surface area contributed by atoms with E-state index in [0.717, 1.165) is 39.3 Å². The molecule has 5 heteroatoms. The van der Waals surface area contributed by atoms with Gasteiger partial charge >= 0.3 is 0 Å². The van der Waals surface area contributed by atoms with Crippen LogP contribution < -0.4 is 5.32 Å². The highest BCUT2D eigenvalue weighted by molar-refractivity contribution is 7.96. The van der Waals surface area contributed by atoms with Gasteiger partial charge in [0.05, 0.1) is 13.2 Å². The van der Waals surface area contributed by atoms with Crippen molar-refractivity contribution in [2.24, 2.45) is 5.92 Å². The Morgan fingerprint density at radius 2 is 2.06 bits per heavy atom. The molecular weight excluding hydrogens is 224 g/mol. The Bertz CT molecular complexity index is 218. The van der Waals surface area contributed by atoms with Crippen LogP contribution in [0.15, 0.2) is 0 Å². The normalized spacial score (nSPS) is 19.8. The van der Waals surface area contributed by atoms with Gasteiger partial charge in [-0.25, -0.2) is 0 Å². The van der Waals surface area contributed by atoms with Gasteiger partial charge < -0.3 is 10.1 Å². The maximum atomic E-state index is 10.9. The van der Waals surface area contributed by atoms with Gasteiger partial charge in [0, 0.05) is 25.7 Å². The first-order valence-electron chi connectivity index (χ1n) is 5.89. The molecule has 0 bridgehead atoms. The third kappa shape index (κ3) is 5.18. The maximum Gasteiger partial charge on any atom is 0.276 e. The minimum atomic E-state index is -0.235. The molecule has 1 N–H and O–H groups in total. The monoisotopic (exact) mass is 246 g/mol. The Morgan fingerprint density at radius 3 is 2.56 bits per heavy atom. The van der Waals surface area contributed by atoms with Crippen LogP contribution in [0.25, 0.3) is 0 Å². The Hall–Kier alpha value is -0.260. The lowest BCUT2D eigenvalue weighted by atomic mass is 10.0. The molecule has 1 fully saturated rings. The number of nitrogens with zero attached hydrogens (tertiary/aromatic N) is 1. The summed E-state index contributed by atoms with van der Waals surface area (Å²) in [7, 11) is 0. The highest BCUT2D eigenvalue weighted by Crippen LogP contribution is 2.09. The summed E-state index contributed by atoms with van der Waals surface area (Å²) in [5.74, 6) is 0.442.